The highest BCUT2D eigenvalue weighted by molar-refractivity contribution is 14.1. The van der Waals surface area contributed by atoms with Gasteiger partial charge in [0.15, 0.2) is 6.61 Å². The van der Waals surface area contributed by atoms with Crippen molar-refractivity contribution in [2.45, 2.75) is 37.8 Å². The van der Waals surface area contributed by atoms with Crippen molar-refractivity contribution >= 4 is 52.0 Å². The maximum Gasteiger partial charge on any atom is 0.325 e. The van der Waals surface area contributed by atoms with E-state index in [4.69, 9.17) is 4.74 Å². The van der Waals surface area contributed by atoms with Gasteiger partial charge in [-0.15, -0.1) is 0 Å². The van der Waals surface area contributed by atoms with E-state index in [-0.39, 0.29) is 18.2 Å². The molecule has 2 heterocycles. The molecule has 1 unspecified atom stereocenters. The lowest BCUT2D eigenvalue weighted by Crippen LogP contribution is -2.50. The van der Waals surface area contributed by atoms with Crippen LogP contribution in [-0.2, 0) is 14.4 Å². The molecular formula is C31H30FIN4O5. The standard InChI is InChI=1S/C31H30FIN4O5/c1-19(20-7-3-2-4-8-20)28(29(39)34-25-14-11-22(33)17-24(25)32)37-30(40)27(35-31(37)41)21-9-12-23(13-10-21)42-18-26(38)36-15-5-6-16-36/h2-4,7-14,17,19,27-28H,5-6,15-16,18H2,1H3,(H,34,39)(H,35,41)/t19-,27?,28-/m0/s1. The zero-order valence-electron chi connectivity index (χ0n) is 22.9. The molecule has 2 aliphatic rings. The van der Waals surface area contributed by atoms with E-state index in [9.17, 15) is 23.6 Å². The Morgan fingerprint density at radius 3 is 2.40 bits per heavy atom. The van der Waals surface area contributed by atoms with Crippen LogP contribution in [0.1, 0.15) is 42.9 Å². The number of hydrogen-bond acceptors (Lipinski definition) is 5. The highest BCUT2D eigenvalue weighted by atomic mass is 127. The van der Waals surface area contributed by atoms with Gasteiger partial charge in [-0.3, -0.25) is 14.4 Å². The van der Waals surface area contributed by atoms with Crippen molar-refractivity contribution in [3.63, 3.8) is 0 Å². The number of hydrogen-bond donors (Lipinski definition) is 2. The molecule has 2 N–H and O–H groups in total. The number of anilines is 1. The fourth-order valence-electron chi connectivity index (χ4n) is 5.25. The molecule has 5 amide bonds. The lowest BCUT2D eigenvalue weighted by atomic mass is 9.91. The summed E-state index contributed by atoms with van der Waals surface area (Å²) in [5.74, 6) is -2.15. The van der Waals surface area contributed by atoms with Crippen molar-refractivity contribution in [1.29, 1.82) is 0 Å². The number of ether oxygens (including phenoxy) is 1. The molecule has 3 aromatic carbocycles. The predicted octanol–water partition coefficient (Wildman–Crippen LogP) is 4.84. The van der Waals surface area contributed by atoms with Gasteiger partial charge in [-0.2, -0.15) is 0 Å². The smallest absolute Gasteiger partial charge is 0.325 e. The molecule has 9 nitrogen and oxygen atoms in total. The first kappa shape index (κ1) is 29.5. The first-order valence-electron chi connectivity index (χ1n) is 13.7. The second-order valence-electron chi connectivity index (χ2n) is 10.3. The van der Waals surface area contributed by atoms with Crippen LogP contribution in [-0.4, -0.2) is 59.3 Å². The van der Waals surface area contributed by atoms with E-state index in [1.54, 1.807) is 66.4 Å². The van der Waals surface area contributed by atoms with Crippen LogP contribution in [0.15, 0.2) is 72.8 Å². The summed E-state index contributed by atoms with van der Waals surface area (Å²) in [6, 6.07) is 16.9. The minimum Gasteiger partial charge on any atom is -0.484 e. The van der Waals surface area contributed by atoms with E-state index in [1.165, 1.54) is 12.1 Å². The summed E-state index contributed by atoms with van der Waals surface area (Å²) >= 11 is 1.97. The van der Waals surface area contributed by atoms with Gasteiger partial charge in [0.1, 0.15) is 23.7 Å². The number of benzene rings is 3. The number of carbonyl (C=O) groups excluding carboxylic acids is 4. The number of halogens is 2. The quantitative estimate of drug-likeness (QED) is 0.248. The first-order chi connectivity index (χ1) is 20.2. The van der Waals surface area contributed by atoms with Crippen LogP contribution >= 0.6 is 22.6 Å². The van der Waals surface area contributed by atoms with E-state index in [2.05, 4.69) is 10.6 Å². The molecule has 11 heteroatoms. The molecule has 0 aromatic heterocycles. The molecule has 0 saturated carbocycles. The Morgan fingerprint density at radius 1 is 1.05 bits per heavy atom. The van der Waals surface area contributed by atoms with Gasteiger partial charge in [0.25, 0.3) is 11.8 Å². The summed E-state index contributed by atoms with van der Waals surface area (Å²) in [5, 5.41) is 5.25. The largest absolute Gasteiger partial charge is 0.484 e. The Bertz CT molecular complexity index is 1480. The summed E-state index contributed by atoms with van der Waals surface area (Å²) in [6.45, 7) is 3.14. The normalized spacial score (nSPS) is 18.0. The molecule has 2 aliphatic heterocycles. The maximum absolute atomic E-state index is 14.6. The van der Waals surface area contributed by atoms with Crippen molar-refractivity contribution in [1.82, 2.24) is 15.1 Å². The fourth-order valence-corrected chi connectivity index (χ4v) is 5.70. The van der Waals surface area contributed by atoms with Crippen LogP contribution in [0.2, 0.25) is 0 Å². The molecular weight excluding hydrogens is 654 g/mol. The second-order valence-corrected chi connectivity index (χ2v) is 11.5. The van der Waals surface area contributed by atoms with Gasteiger partial charge in [-0.1, -0.05) is 49.4 Å². The number of likely N-dealkylation sites (tertiary alicyclic amines) is 1. The molecule has 5 rings (SSSR count). The van der Waals surface area contributed by atoms with E-state index in [0.29, 0.717) is 14.9 Å². The Morgan fingerprint density at radius 2 is 1.74 bits per heavy atom. The molecule has 2 fully saturated rings. The molecule has 218 valence electrons. The number of imide groups is 1. The lowest BCUT2D eigenvalue weighted by Gasteiger charge is -2.30. The third kappa shape index (κ3) is 6.40. The summed E-state index contributed by atoms with van der Waals surface area (Å²) < 4.78 is 20.9. The molecule has 0 aliphatic carbocycles. The molecule has 3 atom stereocenters. The minimum atomic E-state index is -1.26. The Labute approximate surface area is 256 Å². The summed E-state index contributed by atoms with van der Waals surface area (Å²) in [6.07, 6.45) is 1.99. The number of carbonyl (C=O) groups is 4. The number of amides is 5. The third-order valence-corrected chi connectivity index (χ3v) is 8.21. The minimum absolute atomic E-state index is 0.0481. The second kappa shape index (κ2) is 12.9. The van der Waals surface area contributed by atoms with Crippen LogP contribution in [0.25, 0.3) is 0 Å². The van der Waals surface area contributed by atoms with Gasteiger partial charge in [0.05, 0.1) is 5.69 Å². The Kier molecular flexibility index (Phi) is 9.05. The van der Waals surface area contributed by atoms with Gasteiger partial charge < -0.3 is 20.3 Å². The summed E-state index contributed by atoms with van der Waals surface area (Å²) in [5.41, 5.74) is 1.17. The van der Waals surface area contributed by atoms with Crippen LogP contribution < -0.4 is 15.4 Å². The van der Waals surface area contributed by atoms with Crippen LogP contribution in [0.4, 0.5) is 14.9 Å². The third-order valence-electron chi connectivity index (χ3n) is 7.54. The Balaban J connectivity index is 1.35. The summed E-state index contributed by atoms with van der Waals surface area (Å²) in [4.78, 5) is 55.6. The highest BCUT2D eigenvalue weighted by Crippen LogP contribution is 2.32. The van der Waals surface area contributed by atoms with Gasteiger partial charge in [0, 0.05) is 22.6 Å². The SMILES string of the molecule is C[C@@H](c1ccccc1)[C@@H](C(=O)Nc1ccc(I)cc1F)N1C(=O)NC(c2ccc(OCC(=O)N3CCCC3)cc2)C1=O. The fraction of sp³-hybridized carbons (Fsp3) is 0.290. The molecule has 42 heavy (non-hydrogen) atoms. The van der Waals surface area contributed by atoms with E-state index in [1.807, 2.05) is 28.7 Å². The Hall–Kier alpha value is -4.00. The van der Waals surface area contributed by atoms with Gasteiger partial charge in [-0.25, -0.2) is 14.1 Å². The summed E-state index contributed by atoms with van der Waals surface area (Å²) in [7, 11) is 0. The van der Waals surface area contributed by atoms with Crippen molar-refractivity contribution in [2.24, 2.45) is 0 Å². The number of nitrogens with one attached hydrogen (secondary N) is 2. The topological polar surface area (TPSA) is 108 Å². The van der Waals surface area contributed by atoms with Crippen LogP contribution in [0.3, 0.4) is 0 Å². The lowest BCUT2D eigenvalue weighted by molar-refractivity contribution is -0.134. The average Bonchev–Trinajstić information content (AvgIpc) is 3.63. The number of nitrogens with zero attached hydrogens (tertiary/aromatic N) is 2. The molecule has 0 spiro atoms. The monoisotopic (exact) mass is 684 g/mol. The zero-order chi connectivity index (χ0) is 29.8. The van der Waals surface area contributed by atoms with Crippen LogP contribution in [0.5, 0.6) is 5.75 Å². The van der Waals surface area contributed by atoms with Crippen molar-refractivity contribution in [3.05, 3.63) is 93.3 Å². The number of urea groups is 1. The number of rotatable bonds is 9. The van der Waals surface area contributed by atoms with E-state index >= 15 is 0 Å². The predicted molar refractivity (Wildman–Crippen MR) is 162 cm³/mol. The van der Waals surface area contributed by atoms with Gasteiger partial charge >= 0.3 is 6.03 Å². The van der Waals surface area contributed by atoms with Crippen LogP contribution in [0, 0.1) is 9.39 Å². The molecule has 0 bridgehead atoms. The van der Waals surface area contributed by atoms with E-state index in [0.717, 1.165) is 36.4 Å². The highest BCUT2D eigenvalue weighted by Gasteiger charge is 2.47. The van der Waals surface area contributed by atoms with Crippen molar-refractivity contribution < 1.29 is 28.3 Å². The zero-order valence-corrected chi connectivity index (χ0v) is 25.0. The van der Waals surface area contributed by atoms with Gasteiger partial charge in [-0.05, 0) is 76.9 Å². The van der Waals surface area contributed by atoms with E-state index < -0.39 is 41.7 Å². The molecule has 2 saturated heterocycles. The average molecular weight is 685 g/mol. The van der Waals surface area contributed by atoms with Crippen molar-refractivity contribution in [3.8, 4) is 5.75 Å². The maximum atomic E-state index is 14.6. The molecule has 0 radical (unpaired) electrons. The van der Waals surface area contributed by atoms with Crippen molar-refractivity contribution in [2.75, 3.05) is 25.0 Å². The van der Waals surface area contributed by atoms with Gasteiger partial charge in [0.2, 0.25) is 5.91 Å². The first-order valence-corrected chi connectivity index (χ1v) is 14.8. The molecule has 3 aromatic rings.